The summed E-state index contributed by atoms with van der Waals surface area (Å²) in [6.07, 6.45) is 0. The van der Waals surface area contributed by atoms with Crippen LogP contribution < -0.4 is 0 Å². The standard InChI is InChI=1S/C45H29N3O2S/c49-51(50)41-25-13-11-23-38(41)36-22-10-9-20-34(36)33-19-7-8-21-35(33)37-28-27-32(29-40(37)39-24-12-14-26-42(39)51)45-47-43(30-15-3-1-4-16-30)46-44(48-45)31-17-5-2-6-18-31/h1-29H. The van der Waals surface area contributed by atoms with Crippen molar-refractivity contribution in [2.45, 2.75) is 9.79 Å². The Balaban J connectivity index is 1.36. The molecule has 2 heterocycles. The third kappa shape index (κ3) is 5.34. The highest BCUT2D eigenvalue weighted by Crippen LogP contribution is 2.47. The number of aromatic nitrogens is 3. The normalized spacial score (nSPS) is 12.6. The van der Waals surface area contributed by atoms with Gasteiger partial charge in [-0.25, -0.2) is 23.4 Å². The molecule has 8 aromatic rings. The van der Waals surface area contributed by atoms with Crippen LogP contribution in [0.1, 0.15) is 0 Å². The van der Waals surface area contributed by atoms with Gasteiger partial charge < -0.3 is 0 Å². The third-order valence-electron chi connectivity index (χ3n) is 9.35. The smallest absolute Gasteiger partial charge is 0.207 e. The van der Waals surface area contributed by atoms with Gasteiger partial charge in [-0.3, -0.25) is 0 Å². The fourth-order valence-corrected chi connectivity index (χ4v) is 8.64. The van der Waals surface area contributed by atoms with Gasteiger partial charge in [0.25, 0.3) is 0 Å². The highest BCUT2D eigenvalue weighted by molar-refractivity contribution is 7.91. The third-order valence-corrected chi connectivity index (χ3v) is 11.2. The maximum Gasteiger partial charge on any atom is 0.207 e. The van der Waals surface area contributed by atoms with Gasteiger partial charge in [0.2, 0.25) is 9.84 Å². The molecule has 0 radical (unpaired) electrons. The van der Waals surface area contributed by atoms with Gasteiger partial charge in [0, 0.05) is 27.8 Å². The van der Waals surface area contributed by atoms with E-state index >= 15 is 0 Å². The molecule has 7 aromatic carbocycles. The Labute approximate surface area is 296 Å². The first-order valence-corrected chi connectivity index (χ1v) is 18.2. The lowest BCUT2D eigenvalue weighted by Gasteiger charge is -2.18. The number of rotatable bonds is 3. The van der Waals surface area contributed by atoms with Crippen LogP contribution in [0.2, 0.25) is 0 Å². The molecule has 0 unspecified atom stereocenters. The Kier molecular flexibility index (Phi) is 7.45. The maximum atomic E-state index is 14.9. The summed E-state index contributed by atoms with van der Waals surface area (Å²) < 4.78 is 29.7. The van der Waals surface area contributed by atoms with Crippen LogP contribution in [0.5, 0.6) is 0 Å². The molecule has 0 spiro atoms. The van der Waals surface area contributed by atoms with E-state index in [9.17, 15) is 8.42 Å². The van der Waals surface area contributed by atoms with Gasteiger partial charge in [0.1, 0.15) is 0 Å². The number of benzene rings is 7. The van der Waals surface area contributed by atoms with Crippen LogP contribution in [0, 0.1) is 0 Å². The Morgan fingerprint density at radius 1 is 0.294 bits per heavy atom. The molecule has 0 amide bonds. The van der Waals surface area contributed by atoms with Crippen molar-refractivity contribution < 1.29 is 8.42 Å². The Bertz CT molecular complexity index is 2650. The fourth-order valence-electron chi connectivity index (χ4n) is 6.95. The fraction of sp³-hybridized carbons (Fsp3) is 0. The predicted octanol–water partition coefficient (Wildman–Crippen LogP) is 10.7. The van der Waals surface area contributed by atoms with E-state index < -0.39 is 9.84 Å². The van der Waals surface area contributed by atoms with Crippen LogP contribution in [-0.4, -0.2) is 23.4 Å². The van der Waals surface area contributed by atoms with E-state index in [1.807, 2.05) is 127 Å². The summed E-state index contributed by atoms with van der Waals surface area (Å²) in [5.74, 6) is 1.60. The zero-order chi connectivity index (χ0) is 34.4. The van der Waals surface area contributed by atoms with Crippen molar-refractivity contribution in [3.8, 4) is 78.7 Å². The number of hydrogen-bond donors (Lipinski definition) is 0. The van der Waals surface area contributed by atoms with E-state index in [1.165, 1.54) is 0 Å². The second-order valence-electron chi connectivity index (χ2n) is 12.4. The molecule has 9 rings (SSSR count). The summed E-state index contributed by atoms with van der Waals surface area (Å²) in [6.45, 7) is 0. The predicted molar refractivity (Wildman–Crippen MR) is 203 cm³/mol. The molecule has 51 heavy (non-hydrogen) atoms. The molecule has 1 aliphatic rings. The molecule has 242 valence electrons. The SMILES string of the molecule is O=S1(=O)c2ccccc2-c2ccccc2-c2ccccc2-c2ccc(-c3nc(-c4ccccc4)nc(-c4ccccc4)n3)cc2-c2ccccc21. The van der Waals surface area contributed by atoms with Crippen molar-refractivity contribution in [2.75, 3.05) is 0 Å². The molecular weight excluding hydrogens is 647 g/mol. The van der Waals surface area contributed by atoms with Crippen molar-refractivity contribution in [3.63, 3.8) is 0 Å². The first-order chi connectivity index (χ1) is 25.1. The number of sulfone groups is 1. The highest BCUT2D eigenvalue weighted by atomic mass is 32.2. The van der Waals surface area contributed by atoms with Crippen LogP contribution >= 0.6 is 0 Å². The van der Waals surface area contributed by atoms with E-state index in [1.54, 1.807) is 24.3 Å². The lowest BCUT2D eigenvalue weighted by atomic mass is 9.86. The zero-order valence-electron chi connectivity index (χ0n) is 27.3. The Morgan fingerprint density at radius 2 is 0.627 bits per heavy atom. The average molecular weight is 676 g/mol. The first kappa shape index (κ1) is 30.6. The molecule has 0 N–H and O–H groups in total. The Hall–Kier alpha value is -6.50. The highest BCUT2D eigenvalue weighted by Gasteiger charge is 2.29. The van der Waals surface area contributed by atoms with Gasteiger partial charge >= 0.3 is 0 Å². The van der Waals surface area contributed by atoms with Gasteiger partial charge in [-0.15, -0.1) is 0 Å². The molecule has 1 aliphatic heterocycles. The lowest BCUT2D eigenvalue weighted by molar-refractivity contribution is 0.596. The molecule has 5 nitrogen and oxygen atoms in total. The molecule has 0 atom stereocenters. The summed E-state index contributed by atoms with van der Waals surface area (Å²) in [7, 11) is -3.99. The van der Waals surface area contributed by atoms with Gasteiger partial charge in [-0.1, -0.05) is 158 Å². The average Bonchev–Trinajstić information content (AvgIpc) is 3.21. The summed E-state index contributed by atoms with van der Waals surface area (Å²) in [5, 5.41) is 0. The van der Waals surface area contributed by atoms with Crippen LogP contribution in [0.15, 0.2) is 186 Å². The second kappa shape index (κ2) is 12.4. The van der Waals surface area contributed by atoms with Gasteiger partial charge in [-0.2, -0.15) is 0 Å². The quantitative estimate of drug-likeness (QED) is 0.186. The van der Waals surface area contributed by atoms with Crippen LogP contribution in [0.3, 0.4) is 0 Å². The first-order valence-electron chi connectivity index (χ1n) is 16.7. The van der Waals surface area contributed by atoms with E-state index in [-0.39, 0.29) is 9.79 Å². The van der Waals surface area contributed by atoms with E-state index in [0.29, 0.717) is 28.6 Å². The van der Waals surface area contributed by atoms with Crippen LogP contribution in [-0.2, 0) is 9.84 Å². The molecule has 0 fully saturated rings. The largest absolute Gasteiger partial charge is 0.218 e. The van der Waals surface area contributed by atoms with Crippen molar-refractivity contribution >= 4 is 9.84 Å². The summed E-state index contributed by atoms with van der Waals surface area (Å²) in [6, 6.07) is 56.7. The minimum atomic E-state index is -3.99. The van der Waals surface area contributed by atoms with E-state index in [4.69, 9.17) is 15.0 Å². The van der Waals surface area contributed by atoms with E-state index in [2.05, 4.69) is 24.3 Å². The lowest BCUT2D eigenvalue weighted by Crippen LogP contribution is -2.06. The van der Waals surface area contributed by atoms with Gasteiger partial charge in [0.05, 0.1) is 9.79 Å². The molecule has 0 saturated carbocycles. The maximum absolute atomic E-state index is 14.9. The van der Waals surface area contributed by atoms with Gasteiger partial charge in [-0.05, 0) is 51.6 Å². The van der Waals surface area contributed by atoms with Crippen molar-refractivity contribution in [1.29, 1.82) is 0 Å². The summed E-state index contributed by atoms with van der Waals surface area (Å²) >= 11 is 0. The van der Waals surface area contributed by atoms with E-state index in [0.717, 1.165) is 50.1 Å². The molecule has 0 aliphatic carbocycles. The topological polar surface area (TPSA) is 72.8 Å². The molecule has 6 heteroatoms. The molecular formula is C45H29N3O2S. The number of nitrogens with zero attached hydrogens (tertiary/aromatic N) is 3. The van der Waals surface area contributed by atoms with Crippen molar-refractivity contribution in [1.82, 2.24) is 15.0 Å². The van der Waals surface area contributed by atoms with Crippen molar-refractivity contribution in [3.05, 3.63) is 176 Å². The number of fused-ring (bicyclic) bond motifs is 9. The summed E-state index contributed by atoms with van der Waals surface area (Å²) in [4.78, 5) is 15.3. The second-order valence-corrected chi connectivity index (χ2v) is 14.3. The monoisotopic (exact) mass is 675 g/mol. The zero-order valence-corrected chi connectivity index (χ0v) is 28.1. The molecule has 0 saturated heterocycles. The van der Waals surface area contributed by atoms with Crippen LogP contribution in [0.4, 0.5) is 0 Å². The minimum absolute atomic E-state index is 0.235. The minimum Gasteiger partial charge on any atom is -0.218 e. The van der Waals surface area contributed by atoms with Crippen molar-refractivity contribution in [2.24, 2.45) is 0 Å². The molecule has 1 aromatic heterocycles. The molecule has 0 bridgehead atoms. The summed E-state index contributed by atoms with van der Waals surface area (Å²) in [5.41, 5.74) is 9.22. The number of hydrogen-bond acceptors (Lipinski definition) is 5. The Morgan fingerprint density at radius 3 is 1.10 bits per heavy atom. The van der Waals surface area contributed by atoms with Crippen LogP contribution in [0.25, 0.3) is 78.7 Å². The van der Waals surface area contributed by atoms with Gasteiger partial charge in [0.15, 0.2) is 17.5 Å².